The number of hydrogen-bond donors (Lipinski definition) is 0. The van der Waals surface area contributed by atoms with Crippen LogP contribution in [-0.4, -0.2) is 13.1 Å². The Bertz CT molecular complexity index is 359. The summed E-state index contributed by atoms with van der Waals surface area (Å²) in [5.74, 6) is 0.126. The number of halogens is 1. The Morgan fingerprint density at radius 1 is 1.47 bits per heavy atom. The van der Waals surface area contributed by atoms with Crippen LogP contribution in [0.15, 0.2) is 18.2 Å². The lowest BCUT2D eigenvalue weighted by Gasteiger charge is -2.11. The fourth-order valence-electron chi connectivity index (χ4n) is 1.48. The van der Waals surface area contributed by atoms with E-state index in [1.165, 1.54) is 7.11 Å². The minimum Gasteiger partial charge on any atom is -0.465 e. The van der Waals surface area contributed by atoms with E-state index in [0.29, 0.717) is 16.5 Å². The fourth-order valence-corrected chi connectivity index (χ4v) is 1.73. The summed E-state index contributed by atoms with van der Waals surface area (Å²) in [4.78, 5) is 11.5. The van der Waals surface area contributed by atoms with Crippen molar-refractivity contribution in [2.45, 2.75) is 20.3 Å². The minimum absolute atomic E-state index is 0.326. The van der Waals surface area contributed by atoms with Crippen LogP contribution in [0, 0.1) is 5.92 Å². The molecule has 0 N–H and O–H groups in total. The quantitative estimate of drug-likeness (QED) is 0.739. The van der Waals surface area contributed by atoms with Crippen molar-refractivity contribution < 1.29 is 9.53 Å². The van der Waals surface area contributed by atoms with E-state index in [9.17, 15) is 4.79 Å². The predicted octanol–water partition coefficient (Wildman–Crippen LogP) is 3.33. The summed E-state index contributed by atoms with van der Waals surface area (Å²) >= 11 is 6.07. The van der Waals surface area contributed by atoms with Gasteiger partial charge in [-0.05, 0) is 30.0 Å². The molecule has 0 saturated carbocycles. The fraction of sp³-hybridized carbons (Fsp3) is 0.417. The zero-order valence-electron chi connectivity index (χ0n) is 9.21. The number of carbonyl (C=O) groups is 1. The summed E-state index contributed by atoms with van der Waals surface area (Å²) in [5, 5.41) is 0.631. The van der Waals surface area contributed by atoms with E-state index in [4.69, 9.17) is 16.3 Å². The molecule has 3 heteroatoms. The third-order valence-corrected chi connectivity index (χ3v) is 2.49. The molecule has 0 saturated heterocycles. The molecule has 0 bridgehead atoms. The number of methoxy groups -OCH3 is 1. The standard InChI is InChI=1S/C12H15ClO2/c1-8(2)7-10-9(12(14)15-3)5-4-6-11(10)13/h4-6,8H,7H2,1-3H3. The Labute approximate surface area is 95.2 Å². The van der Waals surface area contributed by atoms with E-state index in [1.807, 2.05) is 0 Å². The van der Waals surface area contributed by atoms with Crippen molar-refractivity contribution in [2.24, 2.45) is 5.92 Å². The van der Waals surface area contributed by atoms with Crippen molar-refractivity contribution in [1.82, 2.24) is 0 Å². The van der Waals surface area contributed by atoms with Gasteiger partial charge >= 0.3 is 5.97 Å². The Morgan fingerprint density at radius 3 is 2.67 bits per heavy atom. The lowest BCUT2D eigenvalue weighted by molar-refractivity contribution is 0.0599. The molecule has 0 amide bonds. The van der Waals surface area contributed by atoms with Crippen molar-refractivity contribution >= 4 is 17.6 Å². The first-order chi connectivity index (χ1) is 7.06. The van der Waals surface area contributed by atoms with Gasteiger partial charge < -0.3 is 4.74 Å². The highest BCUT2D eigenvalue weighted by Gasteiger charge is 2.15. The summed E-state index contributed by atoms with van der Waals surface area (Å²) in [6.45, 7) is 4.18. The molecule has 1 aromatic carbocycles. The maximum atomic E-state index is 11.5. The van der Waals surface area contributed by atoms with Crippen LogP contribution in [0.1, 0.15) is 29.8 Å². The van der Waals surface area contributed by atoms with Crippen LogP contribution in [0.4, 0.5) is 0 Å². The van der Waals surface area contributed by atoms with Crippen LogP contribution in [0.2, 0.25) is 5.02 Å². The zero-order chi connectivity index (χ0) is 11.4. The van der Waals surface area contributed by atoms with E-state index in [-0.39, 0.29) is 5.97 Å². The number of hydrogen-bond acceptors (Lipinski definition) is 2. The lowest BCUT2D eigenvalue weighted by atomic mass is 9.98. The Hall–Kier alpha value is -1.02. The molecule has 1 aromatic rings. The smallest absolute Gasteiger partial charge is 0.338 e. The summed E-state index contributed by atoms with van der Waals surface area (Å²) < 4.78 is 4.72. The number of carbonyl (C=O) groups excluding carboxylic acids is 1. The van der Waals surface area contributed by atoms with Crippen LogP contribution < -0.4 is 0 Å². The van der Waals surface area contributed by atoms with Gasteiger partial charge in [-0.25, -0.2) is 4.79 Å². The molecule has 0 aliphatic heterocycles. The minimum atomic E-state index is -0.326. The topological polar surface area (TPSA) is 26.3 Å². The van der Waals surface area contributed by atoms with Gasteiger partial charge in [0, 0.05) is 5.02 Å². The van der Waals surface area contributed by atoms with Gasteiger partial charge in [0.25, 0.3) is 0 Å². The Balaban J connectivity index is 3.14. The lowest BCUT2D eigenvalue weighted by Crippen LogP contribution is -2.08. The summed E-state index contributed by atoms with van der Waals surface area (Å²) in [5.41, 5.74) is 1.44. The van der Waals surface area contributed by atoms with Crippen LogP contribution in [0.25, 0.3) is 0 Å². The average Bonchev–Trinajstić information content (AvgIpc) is 2.19. The first-order valence-electron chi connectivity index (χ1n) is 4.92. The summed E-state index contributed by atoms with van der Waals surface area (Å²) in [6.07, 6.45) is 0.782. The van der Waals surface area contributed by atoms with Gasteiger partial charge in [0.05, 0.1) is 12.7 Å². The van der Waals surface area contributed by atoms with Gasteiger partial charge in [0.2, 0.25) is 0 Å². The molecule has 1 rings (SSSR count). The maximum Gasteiger partial charge on any atom is 0.338 e. The maximum absolute atomic E-state index is 11.5. The number of esters is 1. The van der Waals surface area contributed by atoms with Gasteiger partial charge in [-0.1, -0.05) is 31.5 Å². The van der Waals surface area contributed by atoms with E-state index >= 15 is 0 Å². The van der Waals surface area contributed by atoms with Crippen LogP contribution in [0.5, 0.6) is 0 Å². The van der Waals surface area contributed by atoms with Gasteiger partial charge in [0.1, 0.15) is 0 Å². The van der Waals surface area contributed by atoms with Gasteiger partial charge in [-0.2, -0.15) is 0 Å². The van der Waals surface area contributed by atoms with Crippen LogP contribution in [0.3, 0.4) is 0 Å². The third kappa shape index (κ3) is 2.96. The molecule has 0 atom stereocenters. The first kappa shape index (κ1) is 12.1. The normalized spacial score (nSPS) is 10.5. The number of ether oxygens (including phenoxy) is 1. The van der Waals surface area contributed by atoms with Gasteiger partial charge in [-0.3, -0.25) is 0 Å². The van der Waals surface area contributed by atoms with E-state index in [1.54, 1.807) is 18.2 Å². The van der Waals surface area contributed by atoms with E-state index < -0.39 is 0 Å². The summed E-state index contributed by atoms with van der Waals surface area (Å²) in [6, 6.07) is 5.31. The zero-order valence-corrected chi connectivity index (χ0v) is 9.97. The third-order valence-electron chi connectivity index (χ3n) is 2.14. The highest BCUT2D eigenvalue weighted by Crippen LogP contribution is 2.23. The second-order valence-electron chi connectivity index (χ2n) is 3.86. The summed E-state index contributed by atoms with van der Waals surface area (Å²) in [7, 11) is 1.38. The largest absolute Gasteiger partial charge is 0.465 e. The monoisotopic (exact) mass is 226 g/mol. The van der Waals surface area contributed by atoms with Crippen molar-refractivity contribution in [1.29, 1.82) is 0 Å². The molecule has 0 fully saturated rings. The molecular formula is C12H15ClO2. The van der Waals surface area contributed by atoms with Gasteiger partial charge in [0.15, 0.2) is 0 Å². The molecule has 0 radical (unpaired) electrons. The molecular weight excluding hydrogens is 212 g/mol. The highest BCUT2D eigenvalue weighted by molar-refractivity contribution is 6.31. The van der Waals surface area contributed by atoms with Gasteiger partial charge in [-0.15, -0.1) is 0 Å². The molecule has 0 aliphatic carbocycles. The van der Waals surface area contributed by atoms with Crippen molar-refractivity contribution in [2.75, 3.05) is 7.11 Å². The van der Waals surface area contributed by atoms with Crippen molar-refractivity contribution in [3.63, 3.8) is 0 Å². The molecule has 2 nitrogen and oxygen atoms in total. The van der Waals surface area contributed by atoms with Crippen LogP contribution in [-0.2, 0) is 11.2 Å². The molecule has 0 spiro atoms. The average molecular weight is 227 g/mol. The first-order valence-corrected chi connectivity index (χ1v) is 5.29. The molecule has 0 heterocycles. The predicted molar refractivity (Wildman–Crippen MR) is 61.3 cm³/mol. The highest BCUT2D eigenvalue weighted by atomic mass is 35.5. The van der Waals surface area contributed by atoms with Crippen molar-refractivity contribution in [3.8, 4) is 0 Å². The number of rotatable bonds is 3. The molecule has 0 aliphatic rings. The van der Waals surface area contributed by atoms with E-state index in [0.717, 1.165) is 12.0 Å². The van der Waals surface area contributed by atoms with Crippen molar-refractivity contribution in [3.05, 3.63) is 34.3 Å². The molecule has 15 heavy (non-hydrogen) atoms. The second kappa shape index (κ2) is 5.17. The second-order valence-corrected chi connectivity index (χ2v) is 4.26. The molecule has 82 valence electrons. The SMILES string of the molecule is COC(=O)c1cccc(Cl)c1CC(C)C. The van der Waals surface area contributed by atoms with Crippen LogP contribution >= 0.6 is 11.6 Å². The molecule has 0 unspecified atom stereocenters. The molecule has 0 aromatic heterocycles. The Morgan fingerprint density at radius 2 is 2.13 bits per heavy atom. The Kier molecular flexibility index (Phi) is 4.15. The van der Waals surface area contributed by atoms with E-state index in [2.05, 4.69) is 13.8 Å². The number of benzene rings is 1.